The van der Waals surface area contributed by atoms with Crippen LogP contribution in [0.15, 0.2) is 30.3 Å². The van der Waals surface area contributed by atoms with Crippen molar-refractivity contribution in [2.75, 3.05) is 20.8 Å². The Morgan fingerprint density at radius 1 is 1.14 bits per heavy atom. The lowest BCUT2D eigenvalue weighted by atomic mass is 9.85. The fourth-order valence-corrected chi connectivity index (χ4v) is 2.95. The van der Waals surface area contributed by atoms with E-state index in [0.29, 0.717) is 6.54 Å². The SMILES string of the molecule is COC(=O)[C@H](c1ccccc1)[C@H]1CCCCN1C(=O)OC. The predicted octanol–water partition coefficient (Wildman–Crippen LogP) is 2.56. The van der Waals surface area contributed by atoms with Gasteiger partial charge in [-0.1, -0.05) is 30.3 Å². The fourth-order valence-electron chi connectivity index (χ4n) is 2.95. The molecule has 0 unspecified atom stereocenters. The Kier molecular flexibility index (Phi) is 5.20. The number of hydrogen-bond acceptors (Lipinski definition) is 4. The van der Waals surface area contributed by atoms with Gasteiger partial charge in [-0.05, 0) is 24.8 Å². The van der Waals surface area contributed by atoms with Crippen LogP contribution in [-0.2, 0) is 14.3 Å². The Hall–Kier alpha value is -2.04. The van der Waals surface area contributed by atoms with Crippen LogP contribution in [0.4, 0.5) is 4.79 Å². The summed E-state index contributed by atoms with van der Waals surface area (Å²) in [5, 5.41) is 0. The van der Waals surface area contributed by atoms with Crippen LogP contribution >= 0.6 is 0 Å². The number of ether oxygens (including phenoxy) is 2. The highest BCUT2D eigenvalue weighted by molar-refractivity contribution is 5.80. The maximum absolute atomic E-state index is 12.3. The maximum atomic E-state index is 12.3. The summed E-state index contributed by atoms with van der Waals surface area (Å²) >= 11 is 0. The first-order valence-electron chi connectivity index (χ1n) is 7.16. The summed E-state index contributed by atoms with van der Waals surface area (Å²) in [6.45, 7) is 0.609. The standard InChI is InChI=1S/C16H21NO4/c1-20-15(18)14(12-8-4-3-5-9-12)13-10-6-7-11-17(13)16(19)21-2/h3-5,8-9,13-14H,6-7,10-11H2,1-2H3/t13-,14-/m1/s1. The minimum atomic E-state index is -0.476. The Labute approximate surface area is 124 Å². The smallest absolute Gasteiger partial charge is 0.409 e. The lowest BCUT2D eigenvalue weighted by molar-refractivity contribution is -0.144. The zero-order valence-corrected chi connectivity index (χ0v) is 12.5. The van der Waals surface area contributed by atoms with Gasteiger partial charge in [-0.15, -0.1) is 0 Å². The first-order valence-corrected chi connectivity index (χ1v) is 7.16. The van der Waals surface area contributed by atoms with E-state index in [2.05, 4.69) is 0 Å². The van der Waals surface area contributed by atoms with Crippen LogP contribution in [0.25, 0.3) is 0 Å². The third kappa shape index (κ3) is 3.35. The van der Waals surface area contributed by atoms with Gasteiger partial charge in [0.2, 0.25) is 0 Å². The molecule has 5 heteroatoms. The molecule has 0 aliphatic carbocycles. The highest BCUT2D eigenvalue weighted by Crippen LogP contribution is 2.32. The lowest BCUT2D eigenvalue weighted by Gasteiger charge is -2.38. The Morgan fingerprint density at radius 2 is 1.86 bits per heavy atom. The number of methoxy groups -OCH3 is 2. The first-order chi connectivity index (χ1) is 10.2. The molecule has 114 valence electrons. The predicted molar refractivity (Wildman–Crippen MR) is 77.9 cm³/mol. The lowest BCUT2D eigenvalue weighted by Crippen LogP contribution is -2.48. The molecule has 0 radical (unpaired) electrons. The molecule has 1 heterocycles. The highest BCUT2D eigenvalue weighted by Gasteiger charge is 2.38. The van der Waals surface area contributed by atoms with Crippen molar-refractivity contribution in [3.05, 3.63) is 35.9 Å². The molecule has 0 bridgehead atoms. The molecule has 1 amide bonds. The number of nitrogens with zero attached hydrogens (tertiary/aromatic N) is 1. The number of hydrogen-bond donors (Lipinski definition) is 0. The molecular weight excluding hydrogens is 270 g/mol. The number of benzene rings is 1. The van der Waals surface area contributed by atoms with Gasteiger partial charge in [-0.25, -0.2) is 4.79 Å². The zero-order valence-electron chi connectivity index (χ0n) is 12.5. The van der Waals surface area contributed by atoms with Gasteiger partial charge in [-0.3, -0.25) is 4.79 Å². The van der Waals surface area contributed by atoms with Crippen LogP contribution in [-0.4, -0.2) is 43.8 Å². The molecule has 5 nitrogen and oxygen atoms in total. The summed E-state index contributed by atoms with van der Waals surface area (Å²) < 4.78 is 9.82. The van der Waals surface area contributed by atoms with Crippen LogP contribution in [0.1, 0.15) is 30.7 Å². The average Bonchev–Trinajstić information content (AvgIpc) is 2.55. The molecule has 0 saturated carbocycles. The number of amides is 1. The van der Waals surface area contributed by atoms with Crippen molar-refractivity contribution >= 4 is 12.1 Å². The molecule has 1 saturated heterocycles. The van der Waals surface area contributed by atoms with E-state index in [4.69, 9.17) is 9.47 Å². The van der Waals surface area contributed by atoms with E-state index in [1.807, 2.05) is 30.3 Å². The molecule has 1 fully saturated rings. The summed E-state index contributed by atoms with van der Waals surface area (Å²) in [5.41, 5.74) is 0.866. The van der Waals surface area contributed by atoms with Gasteiger partial charge in [0.1, 0.15) is 5.92 Å². The zero-order chi connectivity index (χ0) is 15.2. The second-order valence-corrected chi connectivity index (χ2v) is 5.14. The number of rotatable bonds is 3. The maximum Gasteiger partial charge on any atom is 0.409 e. The number of carbonyl (C=O) groups is 2. The van der Waals surface area contributed by atoms with E-state index in [1.165, 1.54) is 14.2 Å². The van der Waals surface area contributed by atoms with Crippen molar-refractivity contribution in [2.24, 2.45) is 0 Å². The minimum Gasteiger partial charge on any atom is -0.468 e. The highest BCUT2D eigenvalue weighted by atomic mass is 16.5. The molecule has 1 aromatic rings. The van der Waals surface area contributed by atoms with Gasteiger partial charge in [0, 0.05) is 6.54 Å². The van der Waals surface area contributed by atoms with Crippen LogP contribution in [0.3, 0.4) is 0 Å². The second-order valence-electron chi connectivity index (χ2n) is 5.14. The van der Waals surface area contributed by atoms with Crippen molar-refractivity contribution in [3.63, 3.8) is 0 Å². The molecule has 21 heavy (non-hydrogen) atoms. The average molecular weight is 291 g/mol. The Balaban J connectivity index is 2.34. The third-order valence-corrected chi connectivity index (χ3v) is 3.96. The first kappa shape index (κ1) is 15.4. The number of likely N-dealkylation sites (tertiary alicyclic amines) is 1. The molecule has 0 spiro atoms. The van der Waals surface area contributed by atoms with E-state index in [9.17, 15) is 9.59 Å². The molecular formula is C16H21NO4. The topological polar surface area (TPSA) is 55.8 Å². The molecule has 1 aliphatic heterocycles. The molecule has 0 aromatic heterocycles. The van der Waals surface area contributed by atoms with E-state index in [0.717, 1.165) is 24.8 Å². The number of esters is 1. The van der Waals surface area contributed by atoms with Crippen LogP contribution in [0, 0.1) is 0 Å². The second kappa shape index (κ2) is 7.11. The minimum absolute atomic E-state index is 0.221. The van der Waals surface area contributed by atoms with Gasteiger partial charge in [-0.2, -0.15) is 0 Å². The van der Waals surface area contributed by atoms with E-state index < -0.39 is 5.92 Å². The van der Waals surface area contributed by atoms with E-state index in [1.54, 1.807) is 4.90 Å². The largest absolute Gasteiger partial charge is 0.468 e. The molecule has 2 rings (SSSR count). The van der Waals surface area contributed by atoms with Gasteiger partial charge >= 0.3 is 12.1 Å². The molecule has 0 N–H and O–H groups in total. The Bertz CT molecular complexity index is 488. The van der Waals surface area contributed by atoms with Crippen molar-refractivity contribution in [2.45, 2.75) is 31.2 Å². The summed E-state index contributed by atoms with van der Waals surface area (Å²) in [7, 11) is 2.74. The fraction of sp³-hybridized carbons (Fsp3) is 0.500. The summed E-state index contributed by atoms with van der Waals surface area (Å²) in [4.78, 5) is 25.9. The monoisotopic (exact) mass is 291 g/mol. The molecule has 1 aliphatic rings. The normalized spacial score (nSPS) is 19.7. The van der Waals surface area contributed by atoms with Crippen LogP contribution < -0.4 is 0 Å². The molecule has 1 aromatic carbocycles. The molecule has 2 atom stereocenters. The van der Waals surface area contributed by atoms with E-state index >= 15 is 0 Å². The van der Waals surface area contributed by atoms with Crippen LogP contribution in [0.5, 0.6) is 0 Å². The van der Waals surface area contributed by atoms with E-state index in [-0.39, 0.29) is 18.1 Å². The van der Waals surface area contributed by atoms with Crippen molar-refractivity contribution in [3.8, 4) is 0 Å². The number of piperidine rings is 1. The van der Waals surface area contributed by atoms with Crippen LogP contribution in [0.2, 0.25) is 0 Å². The van der Waals surface area contributed by atoms with Gasteiger partial charge in [0.25, 0.3) is 0 Å². The van der Waals surface area contributed by atoms with Gasteiger partial charge < -0.3 is 14.4 Å². The van der Waals surface area contributed by atoms with Crippen molar-refractivity contribution in [1.29, 1.82) is 0 Å². The summed E-state index contributed by atoms with van der Waals surface area (Å²) in [6, 6.07) is 9.24. The number of carbonyl (C=O) groups excluding carboxylic acids is 2. The van der Waals surface area contributed by atoms with Gasteiger partial charge in [0.15, 0.2) is 0 Å². The summed E-state index contributed by atoms with van der Waals surface area (Å²) in [6.07, 6.45) is 2.29. The third-order valence-electron chi connectivity index (χ3n) is 3.96. The Morgan fingerprint density at radius 3 is 2.48 bits per heavy atom. The quantitative estimate of drug-likeness (QED) is 0.803. The van der Waals surface area contributed by atoms with Gasteiger partial charge in [0.05, 0.1) is 20.3 Å². The van der Waals surface area contributed by atoms with Crippen molar-refractivity contribution < 1.29 is 19.1 Å². The summed E-state index contributed by atoms with van der Waals surface area (Å²) in [5.74, 6) is -0.794. The van der Waals surface area contributed by atoms with Crippen molar-refractivity contribution in [1.82, 2.24) is 4.90 Å².